The quantitative estimate of drug-likeness (QED) is 0.792. The molecule has 1 aromatic heterocycles. The second kappa shape index (κ2) is 6.42. The predicted octanol–water partition coefficient (Wildman–Crippen LogP) is 1.91. The van der Waals surface area contributed by atoms with Gasteiger partial charge in [-0.1, -0.05) is 29.5 Å². The smallest absolute Gasteiger partial charge is 0.313 e. The monoisotopic (exact) mass is 292 g/mol. The third-order valence-corrected chi connectivity index (χ3v) is 3.76. The number of hydrogen-bond acceptors (Lipinski definition) is 5. The number of rotatable bonds is 6. The molecule has 0 saturated heterocycles. The minimum atomic E-state index is -0.864. The molecule has 2 rings (SSSR count). The molecule has 0 bridgehead atoms. The molecular formula is C13H16N4O2S. The van der Waals surface area contributed by atoms with Gasteiger partial charge in [-0.3, -0.25) is 4.79 Å². The molecule has 2 aromatic rings. The Morgan fingerprint density at radius 3 is 2.70 bits per heavy atom. The molecule has 6 nitrogen and oxygen atoms in total. The van der Waals surface area contributed by atoms with Crippen molar-refractivity contribution in [3.63, 3.8) is 0 Å². The lowest BCUT2D eigenvalue weighted by Crippen LogP contribution is -2.07. The van der Waals surface area contributed by atoms with Crippen LogP contribution in [-0.2, 0) is 18.4 Å². The summed E-state index contributed by atoms with van der Waals surface area (Å²) >= 11 is 1.16. The van der Waals surface area contributed by atoms with Crippen LogP contribution in [0.3, 0.4) is 0 Å². The highest BCUT2D eigenvalue weighted by atomic mass is 32.2. The van der Waals surface area contributed by atoms with Crippen molar-refractivity contribution >= 4 is 23.4 Å². The molecule has 0 aliphatic carbocycles. The fourth-order valence-corrected chi connectivity index (χ4v) is 2.25. The van der Waals surface area contributed by atoms with E-state index in [4.69, 9.17) is 5.11 Å². The van der Waals surface area contributed by atoms with Gasteiger partial charge in [0.05, 0.1) is 12.3 Å². The van der Waals surface area contributed by atoms with E-state index in [2.05, 4.69) is 15.5 Å². The molecule has 0 spiro atoms. The van der Waals surface area contributed by atoms with Crippen molar-refractivity contribution in [2.45, 2.75) is 18.6 Å². The van der Waals surface area contributed by atoms with E-state index < -0.39 is 5.97 Å². The van der Waals surface area contributed by atoms with E-state index in [0.29, 0.717) is 11.7 Å². The number of benzene rings is 1. The standard InChI is InChI=1S/C13H16N4O2S/c1-9-3-5-10(6-4-9)14-7-11-15-16-13(17(11)2)20-8-12(18)19/h3-6,14H,7-8H2,1-2H3,(H,18,19). The van der Waals surface area contributed by atoms with E-state index in [-0.39, 0.29) is 5.75 Å². The second-order valence-corrected chi connectivity index (χ2v) is 5.30. The molecule has 1 aromatic carbocycles. The lowest BCUT2D eigenvalue weighted by Gasteiger charge is -2.06. The van der Waals surface area contributed by atoms with E-state index in [9.17, 15) is 4.79 Å². The fourth-order valence-electron chi connectivity index (χ4n) is 1.60. The Balaban J connectivity index is 1.96. The highest BCUT2D eigenvalue weighted by Crippen LogP contribution is 2.16. The summed E-state index contributed by atoms with van der Waals surface area (Å²) in [5.41, 5.74) is 2.22. The van der Waals surface area contributed by atoms with Crippen LogP contribution in [0.15, 0.2) is 29.4 Å². The molecule has 20 heavy (non-hydrogen) atoms. The minimum Gasteiger partial charge on any atom is -0.481 e. The van der Waals surface area contributed by atoms with E-state index in [0.717, 1.165) is 23.3 Å². The number of thioether (sulfide) groups is 1. The van der Waals surface area contributed by atoms with Gasteiger partial charge in [-0.15, -0.1) is 10.2 Å². The maximum atomic E-state index is 10.5. The van der Waals surface area contributed by atoms with Crippen LogP contribution < -0.4 is 5.32 Å². The molecule has 0 amide bonds. The highest BCUT2D eigenvalue weighted by molar-refractivity contribution is 7.99. The number of aliphatic carboxylic acids is 1. The number of carbonyl (C=O) groups is 1. The predicted molar refractivity (Wildman–Crippen MR) is 77.9 cm³/mol. The van der Waals surface area contributed by atoms with Crippen LogP contribution in [0.5, 0.6) is 0 Å². The van der Waals surface area contributed by atoms with Crippen LogP contribution in [0.25, 0.3) is 0 Å². The largest absolute Gasteiger partial charge is 0.481 e. The third kappa shape index (κ3) is 3.74. The number of aryl methyl sites for hydroxylation is 1. The number of aromatic nitrogens is 3. The fraction of sp³-hybridized carbons (Fsp3) is 0.308. The van der Waals surface area contributed by atoms with Crippen molar-refractivity contribution in [1.29, 1.82) is 0 Å². The number of hydrogen-bond donors (Lipinski definition) is 2. The van der Waals surface area contributed by atoms with Gasteiger partial charge in [0.15, 0.2) is 11.0 Å². The second-order valence-electron chi connectivity index (χ2n) is 4.36. The van der Waals surface area contributed by atoms with Crippen LogP contribution in [0.4, 0.5) is 5.69 Å². The zero-order chi connectivity index (χ0) is 14.5. The molecule has 7 heteroatoms. The van der Waals surface area contributed by atoms with Crippen LogP contribution in [0.1, 0.15) is 11.4 Å². The maximum absolute atomic E-state index is 10.5. The van der Waals surface area contributed by atoms with E-state index in [1.54, 1.807) is 4.57 Å². The van der Waals surface area contributed by atoms with Crippen LogP contribution in [-0.4, -0.2) is 31.6 Å². The number of nitrogens with one attached hydrogen (secondary N) is 1. The average Bonchev–Trinajstić information content (AvgIpc) is 2.77. The average molecular weight is 292 g/mol. The number of anilines is 1. The molecule has 2 N–H and O–H groups in total. The summed E-state index contributed by atoms with van der Waals surface area (Å²) in [4.78, 5) is 10.5. The van der Waals surface area contributed by atoms with Gasteiger partial charge in [-0.25, -0.2) is 0 Å². The first-order valence-electron chi connectivity index (χ1n) is 6.09. The zero-order valence-electron chi connectivity index (χ0n) is 11.3. The summed E-state index contributed by atoms with van der Waals surface area (Å²) < 4.78 is 1.80. The Hall–Kier alpha value is -2.02. The van der Waals surface area contributed by atoms with Crippen molar-refractivity contribution in [2.75, 3.05) is 11.1 Å². The van der Waals surface area contributed by atoms with Crippen molar-refractivity contribution in [1.82, 2.24) is 14.8 Å². The summed E-state index contributed by atoms with van der Waals surface area (Å²) in [6.45, 7) is 2.58. The zero-order valence-corrected chi connectivity index (χ0v) is 12.1. The van der Waals surface area contributed by atoms with Gasteiger partial charge in [0, 0.05) is 12.7 Å². The Bertz CT molecular complexity index is 595. The van der Waals surface area contributed by atoms with E-state index in [1.165, 1.54) is 5.56 Å². The van der Waals surface area contributed by atoms with Gasteiger partial charge in [-0.2, -0.15) is 0 Å². The maximum Gasteiger partial charge on any atom is 0.313 e. The summed E-state index contributed by atoms with van der Waals surface area (Å²) in [6.07, 6.45) is 0. The number of carboxylic acid groups (broad SMARTS) is 1. The highest BCUT2D eigenvalue weighted by Gasteiger charge is 2.10. The molecular weight excluding hydrogens is 276 g/mol. The molecule has 0 aliphatic heterocycles. The van der Waals surface area contributed by atoms with Crippen LogP contribution >= 0.6 is 11.8 Å². The van der Waals surface area contributed by atoms with Gasteiger partial charge >= 0.3 is 5.97 Å². The van der Waals surface area contributed by atoms with Gasteiger partial charge in [-0.05, 0) is 19.1 Å². The van der Waals surface area contributed by atoms with Crippen molar-refractivity contribution in [2.24, 2.45) is 7.05 Å². The van der Waals surface area contributed by atoms with Gasteiger partial charge in [0.2, 0.25) is 0 Å². The van der Waals surface area contributed by atoms with E-state index in [1.807, 2.05) is 38.2 Å². The molecule has 0 radical (unpaired) electrons. The molecule has 0 saturated carbocycles. The van der Waals surface area contributed by atoms with Gasteiger partial charge < -0.3 is 15.0 Å². The Kier molecular flexibility index (Phi) is 4.62. The van der Waals surface area contributed by atoms with Gasteiger partial charge in [0.1, 0.15) is 0 Å². The summed E-state index contributed by atoms with van der Waals surface area (Å²) in [7, 11) is 1.83. The Morgan fingerprint density at radius 1 is 1.35 bits per heavy atom. The first-order valence-corrected chi connectivity index (χ1v) is 7.08. The Morgan fingerprint density at radius 2 is 2.05 bits per heavy atom. The first-order chi connectivity index (χ1) is 9.56. The van der Waals surface area contributed by atoms with Gasteiger partial charge in [0.25, 0.3) is 0 Å². The summed E-state index contributed by atoms with van der Waals surface area (Å²) in [5, 5.41) is 20.6. The van der Waals surface area contributed by atoms with E-state index >= 15 is 0 Å². The van der Waals surface area contributed by atoms with Crippen LogP contribution in [0.2, 0.25) is 0 Å². The SMILES string of the molecule is Cc1ccc(NCc2nnc(SCC(=O)O)n2C)cc1. The first kappa shape index (κ1) is 14.4. The number of carboxylic acids is 1. The van der Waals surface area contributed by atoms with Crippen molar-refractivity contribution in [3.05, 3.63) is 35.7 Å². The summed E-state index contributed by atoms with van der Waals surface area (Å²) in [6, 6.07) is 8.08. The van der Waals surface area contributed by atoms with Crippen molar-refractivity contribution in [3.8, 4) is 0 Å². The van der Waals surface area contributed by atoms with Crippen molar-refractivity contribution < 1.29 is 9.90 Å². The molecule has 0 aliphatic rings. The number of nitrogens with zero attached hydrogens (tertiary/aromatic N) is 3. The lowest BCUT2D eigenvalue weighted by molar-refractivity contribution is -0.133. The summed E-state index contributed by atoms with van der Waals surface area (Å²) in [5.74, 6) is -0.118. The third-order valence-electron chi connectivity index (χ3n) is 2.75. The normalized spacial score (nSPS) is 10.5. The topological polar surface area (TPSA) is 80.0 Å². The lowest BCUT2D eigenvalue weighted by atomic mass is 10.2. The Labute approximate surface area is 121 Å². The molecule has 0 atom stereocenters. The molecule has 1 heterocycles. The van der Waals surface area contributed by atoms with Crippen LogP contribution in [0, 0.1) is 6.92 Å². The molecule has 0 unspecified atom stereocenters. The molecule has 106 valence electrons. The molecule has 0 fully saturated rings. The minimum absolute atomic E-state index is 0.0165.